The second kappa shape index (κ2) is 6.13. The highest BCUT2D eigenvalue weighted by Crippen LogP contribution is 2.37. The molecule has 0 radical (unpaired) electrons. The number of furan rings is 1. The van der Waals surface area contributed by atoms with E-state index in [9.17, 15) is 4.79 Å². The fourth-order valence-electron chi connectivity index (χ4n) is 2.96. The molecule has 0 spiro atoms. The molecule has 1 aliphatic heterocycles. The van der Waals surface area contributed by atoms with Gasteiger partial charge in [0.2, 0.25) is 0 Å². The summed E-state index contributed by atoms with van der Waals surface area (Å²) in [6, 6.07) is 9.28. The summed E-state index contributed by atoms with van der Waals surface area (Å²) >= 11 is 0. The van der Waals surface area contributed by atoms with E-state index in [4.69, 9.17) is 13.9 Å². The molecule has 1 atom stereocenters. The average Bonchev–Trinajstić information content (AvgIpc) is 3.24. The predicted molar refractivity (Wildman–Crippen MR) is 81.3 cm³/mol. The van der Waals surface area contributed by atoms with E-state index in [1.165, 1.54) is 6.26 Å². The van der Waals surface area contributed by atoms with E-state index in [0.29, 0.717) is 17.3 Å². The smallest absolute Gasteiger partial charge is 0.290 e. The normalized spacial score (nSPS) is 17.5. The molecule has 116 valence electrons. The fourth-order valence-corrected chi connectivity index (χ4v) is 2.96. The second-order valence-corrected chi connectivity index (χ2v) is 5.25. The summed E-state index contributed by atoms with van der Waals surface area (Å²) in [5.74, 6) is 1.68. The summed E-state index contributed by atoms with van der Waals surface area (Å²) in [4.78, 5) is 14.4. The topological polar surface area (TPSA) is 51.9 Å². The van der Waals surface area contributed by atoms with Gasteiger partial charge in [-0.15, -0.1) is 0 Å². The van der Waals surface area contributed by atoms with Crippen molar-refractivity contribution < 1.29 is 18.7 Å². The number of carbonyl (C=O) groups is 1. The maximum Gasteiger partial charge on any atom is 0.290 e. The molecule has 22 heavy (non-hydrogen) atoms. The SMILES string of the molecule is COc1ccc(C2CCCN2C(=O)c2ccco2)cc1OC. The average molecular weight is 301 g/mol. The molecule has 1 unspecified atom stereocenters. The van der Waals surface area contributed by atoms with Gasteiger partial charge in [0, 0.05) is 6.54 Å². The molecule has 1 aromatic carbocycles. The first-order valence-electron chi connectivity index (χ1n) is 7.31. The third kappa shape index (κ3) is 2.54. The Balaban J connectivity index is 1.88. The Kier molecular flexibility index (Phi) is 4.04. The van der Waals surface area contributed by atoms with Gasteiger partial charge in [-0.25, -0.2) is 0 Å². The van der Waals surface area contributed by atoms with E-state index in [2.05, 4.69) is 0 Å². The Morgan fingerprint density at radius 1 is 1.23 bits per heavy atom. The minimum atomic E-state index is -0.0673. The first-order valence-corrected chi connectivity index (χ1v) is 7.31. The van der Waals surface area contributed by atoms with E-state index < -0.39 is 0 Å². The predicted octanol–water partition coefficient (Wildman–Crippen LogP) is 3.27. The van der Waals surface area contributed by atoms with Gasteiger partial charge in [-0.3, -0.25) is 4.79 Å². The zero-order valence-electron chi connectivity index (χ0n) is 12.7. The Labute approximate surface area is 129 Å². The van der Waals surface area contributed by atoms with Gasteiger partial charge in [0.1, 0.15) is 0 Å². The molecule has 0 aliphatic carbocycles. The zero-order chi connectivity index (χ0) is 15.5. The van der Waals surface area contributed by atoms with Gasteiger partial charge >= 0.3 is 0 Å². The molecule has 0 bridgehead atoms. The van der Waals surface area contributed by atoms with Crippen molar-refractivity contribution >= 4 is 5.91 Å². The van der Waals surface area contributed by atoms with Crippen LogP contribution in [0, 0.1) is 0 Å². The molecule has 1 amide bonds. The van der Waals surface area contributed by atoms with Crippen molar-refractivity contribution in [1.82, 2.24) is 4.90 Å². The molecule has 1 aromatic heterocycles. The zero-order valence-corrected chi connectivity index (χ0v) is 12.7. The molecule has 0 saturated carbocycles. The lowest BCUT2D eigenvalue weighted by molar-refractivity contribution is 0.0703. The number of rotatable bonds is 4. The largest absolute Gasteiger partial charge is 0.493 e. The molecule has 1 aliphatic rings. The Hall–Kier alpha value is -2.43. The molecule has 1 fully saturated rings. The van der Waals surface area contributed by atoms with Crippen LogP contribution in [0.1, 0.15) is 35.0 Å². The van der Waals surface area contributed by atoms with Crippen LogP contribution in [0.3, 0.4) is 0 Å². The van der Waals surface area contributed by atoms with Crippen LogP contribution in [0.4, 0.5) is 0 Å². The number of nitrogens with zero attached hydrogens (tertiary/aromatic N) is 1. The molecule has 5 heteroatoms. The number of ether oxygens (including phenoxy) is 2. The third-order valence-corrected chi connectivity index (χ3v) is 4.04. The summed E-state index contributed by atoms with van der Waals surface area (Å²) in [7, 11) is 3.22. The second-order valence-electron chi connectivity index (χ2n) is 5.25. The van der Waals surface area contributed by atoms with Gasteiger partial charge in [-0.05, 0) is 42.7 Å². The number of hydrogen-bond acceptors (Lipinski definition) is 4. The van der Waals surface area contributed by atoms with Crippen LogP contribution < -0.4 is 9.47 Å². The highest BCUT2D eigenvalue weighted by Gasteiger charge is 2.32. The highest BCUT2D eigenvalue weighted by atomic mass is 16.5. The van der Waals surface area contributed by atoms with Crippen molar-refractivity contribution in [1.29, 1.82) is 0 Å². The number of hydrogen-bond donors (Lipinski definition) is 0. The van der Waals surface area contributed by atoms with Crippen molar-refractivity contribution in [2.75, 3.05) is 20.8 Å². The molecule has 3 rings (SSSR count). The van der Waals surface area contributed by atoms with Crippen LogP contribution in [0.15, 0.2) is 41.0 Å². The molecular weight excluding hydrogens is 282 g/mol. The van der Waals surface area contributed by atoms with Crippen LogP contribution in [0.2, 0.25) is 0 Å². The lowest BCUT2D eigenvalue weighted by atomic mass is 10.0. The summed E-state index contributed by atoms with van der Waals surface area (Å²) in [6.45, 7) is 0.735. The van der Waals surface area contributed by atoms with E-state index in [0.717, 1.165) is 24.9 Å². The number of carbonyl (C=O) groups excluding carboxylic acids is 1. The van der Waals surface area contributed by atoms with E-state index in [1.807, 2.05) is 23.1 Å². The Bertz CT molecular complexity index is 651. The molecule has 2 heterocycles. The maximum atomic E-state index is 12.5. The summed E-state index contributed by atoms with van der Waals surface area (Å²) in [5, 5.41) is 0. The van der Waals surface area contributed by atoms with E-state index in [-0.39, 0.29) is 11.9 Å². The quantitative estimate of drug-likeness (QED) is 0.869. The van der Waals surface area contributed by atoms with Crippen LogP contribution in [-0.4, -0.2) is 31.6 Å². The van der Waals surface area contributed by atoms with Gasteiger partial charge < -0.3 is 18.8 Å². The number of methoxy groups -OCH3 is 2. The van der Waals surface area contributed by atoms with Crippen molar-refractivity contribution in [3.8, 4) is 11.5 Å². The van der Waals surface area contributed by atoms with Gasteiger partial charge in [-0.1, -0.05) is 6.07 Å². The molecule has 5 nitrogen and oxygen atoms in total. The molecule has 0 N–H and O–H groups in total. The first kappa shape index (κ1) is 14.5. The van der Waals surface area contributed by atoms with Crippen LogP contribution in [-0.2, 0) is 0 Å². The van der Waals surface area contributed by atoms with Gasteiger partial charge in [0.15, 0.2) is 17.3 Å². The standard InChI is InChI=1S/C17H19NO4/c1-20-14-8-7-12(11-16(14)21-2)13-5-3-9-18(13)17(19)15-6-4-10-22-15/h4,6-8,10-11,13H,3,5,9H2,1-2H3. The summed E-state index contributed by atoms with van der Waals surface area (Å²) < 4.78 is 15.9. The van der Waals surface area contributed by atoms with Crippen molar-refractivity contribution in [3.05, 3.63) is 47.9 Å². The Morgan fingerprint density at radius 2 is 2.05 bits per heavy atom. The summed E-state index contributed by atoms with van der Waals surface area (Å²) in [5.41, 5.74) is 1.05. The minimum Gasteiger partial charge on any atom is -0.493 e. The van der Waals surface area contributed by atoms with Gasteiger partial charge in [0.25, 0.3) is 5.91 Å². The lowest BCUT2D eigenvalue weighted by Gasteiger charge is -2.24. The van der Waals surface area contributed by atoms with Gasteiger partial charge in [-0.2, -0.15) is 0 Å². The highest BCUT2D eigenvalue weighted by molar-refractivity contribution is 5.92. The van der Waals surface area contributed by atoms with Crippen LogP contribution in [0.5, 0.6) is 11.5 Å². The third-order valence-electron chi connectivity index (χ3n) is 4.04. The molecule has 2 aromatic rings. The Morgan fingerprint density at radius 3 is 2.73 bits per heavy atom. The molecular formula is C17H19NO4. The van der Waals surface area contributed by atoms with Gasteiger partial charge in [0.05, 0.1) is 26.5 Å². The number of amides is 1. The van der Waals surface area contributed by atoms with Crippen molar-refractivity contribution in [2.24, 2.45) is 0 Å². The monoisotopic (exact) mass is 301 g/mol. The number of benzene rings is 1. The van der Waals surface area contributed by atoms with Crippen molar-refractivity contribution in [2.45, 2.75) is 18.9 Å². The summed E-state index contributed by atoms with van der Waals surface area (Å²) in [6.07, 6.45) is 3.43. The minimum absolute atomic E-state index is 0.0393. The van der Waals surface area contributed by atoms with E-state index in [1.54, 1.807) is 26.4 Å². The van der Waals surface area contributed by atoms with E-state index >= 15 is 0 Å². The van der Waals surface area contributed by atoms with Crippen LogP contribution in [0.25, 0.3) is 0 Å². The van der Waals surface area contributed by atoms with Crippen molar-refractivity contribution in [3.63, 3.8) is 0 Å². The first-order chi connectivity index (χ1) is 10.7. The fraction of sp³-hybridized carbons (Fsp3) is 0.353. The maximum absolute atomic E-state index is 12.5. The molecule has 1 saturated heterocycles. The number of likely N-dealkylation sites (tertiary alicyclic amines) is 1. The van der Waals surface area contributed by atoms with Crippen LogP contribution >= 0.6 is 0 Å². The lowest BCUT2D eigenvalue weighted by Crippen LogP contribution is -2.30.